The van der Waals surface area contributed by atoms with Crippen molar-refractivity contribution in [2.75, 3.05) is 32.9 Å². The van der Waals surface area contributed by atoms with Gasteiger partial charge in [0.1, 0.15) is 6.61 Å². The Morgan fingerprint density at radius 1 is 1.20 bits per heavy atom. The molecular formula is C14H23NO5. The first-order chi connectivity index (χ1) is 9.66. The summed E-state index contributed by atoms with van der Waals surface area (Å²) in [7, 11) is 0. The first kappa shape index (κ1) is 15.3. The third-order valence-corrected chi connectivity index (χ3v) is 4.00. The molecule has 0 aromatic rings. The van der Waals surface area contributed by atoms with E-state index in [1.165, 1.54) is 0 Å². The van der Waals surface area contributed by atoms with Crippen LogP contribution in [0.3, 0.4) is 0 Å². The van der Waals surface area contributed by atoms with E-state index in [-0.39, 0.29) is 24.5 Å². The van der Waals surface area contributed by atoms with Crippen LogP contribution in [-0.2, 0) is 19.1 Å². The molecule has 1 unspecified atom stereocenters. The van der Waals surface area contributed by atoms with Crippen molar-refractivity contribution >= 4 is 11.9 Å². The van der Waals surface area contributed by atoms with E-state index < -0.39 is 5.97 Å². The Balaban J connectivity index is 1.61. The van der Waals surface area contributed by atoms with E-state index in [0.717, 1.165) is 25.9 Å². The van der Waals surface area contributed by atoms with Crippen LogP contribution >= 0.6 is 0 Å². The van der Waals surface area contributed by atoms with Gasteiger partial charge in [-0.1, -0.05) is 0 Å². The molecule has 0 saturated carbocycles. The van der Waals surface area contributed by atoms with E-state index in [1.807, 2.05) is 0 Å². The molecule has 0 bridgehead atoms. The summed E-state index contributed by atoms with van der Waals surface area (Å²) < 4.78 is 11.0. The lowest BCUT2D eigenvalue weighted by Gasteiger charge is -2.30. The zero-order chi connectivity index (χ0) is 14.4. The lowest BCUT2D eigenvalue weighted by Crippen LogP contribution is -2.42. The van der Waals surface area contributed by atoms with Crippen molar-refractivity contribution in [3.8, 4) is 0 Å². The third kappa shape index (κ3) is 4.45. The number of ether oxygens (including phenoxy) is 2. The van der Waals surface area contributed by atoms with Gasteiger partial charge < -0.3 is 19.5 Å². The van der Waals surface area contributed by atoms with E-state index in [0.29, 0.717) is 32.5 Å². The summed E-state index contributed by atoms with van der Waals surface area (Å²) in [5, 5.41) is 8.91. The van der Waals surface area contributed by atoms with Crippen LogP contribution in [-0.4, -0.2) is 60.9 Å². The number of hydrogen-bond donors (Lipinski definition) is 1. The predicted octanol–water partition coefficient (Wildman–Crippen LogP) is 0.895. The van der Waals surface area contributed by atoms with Gasteiger partial charge in [0.2, 0.25) is 5.91 Å². The van der Waals surface area contributed by atoms with Crippen LogP contribution in [0.25, 0.3) is 0 Å². The largest absolute Gasteiger partial charge is 0.481 e. The molecule has 0 aromatic carbocycles. The Kier molecular flexibility index (Phi) is 5.79. The second-order valence-corrected chi connectivity index (χ2v) is 5.50. The van der Waals surface area contributed by atoms with Gasteiger partial charge in [0.15, 0.2) is 0 Å². The van der Waals surface area contributed by atoms with Gasteiger partial charge in [-0.15, -0.1) is 0 Å². The standard InChI is InChI=1S/C14H23NO5/c16-13(10-19-9-12-3-1-2-8-20-12)15-6-4-11(5-7-15)14(17)18/h11-12H,1-10H2,(H,17,18). The van der Waals surface area contributed by atoms with Gasteiger partial charge >= 0.3 is 5.97 Å². The molecule has 0 aliphatic carbocycles. The number of carbonyl (C=O) groups excluding carboxylic acids is 1. The van der Waals surface area contributed by atoms with Crippen molar-refractivity contribution < 1.29 is 24.2 Å². The first-order valence-electron chi connectivity index (χ1n) is 7.36. The van der Waals surface area contributed by atoms with Gasteiger partial charge in [-0.25, -0.2) is 0 Å². The summed E-state index contributed by atoms with van der Waals surface area (Å²) in [6.07, 6.45) is 4.45. The van der Waals surface area contributed by atoms with Crippen LogP contribution in [0.5, 0.6) is 0 Å². The predicted molar refractivity (Wildman–Crippen MR) is 71.3 cm³/mol. The third-order valence-electron chi connectivity index (χ3n) is 4.00. The molecule has 2 aliphatic rings. The highest BCUT2D eigenvalue weighted by atomic mass is 16.5. The molecule has 0 radical (unpaired) electrons. The molecule has 6 heteroatoms. The molecular weight excluding hydrogens is 262 g/mol. The Labute approximate surface area is 119 Å². The fraction of sp³-hybridized carbons (Fsp3) is 0.857. The number of carbonyl (C=O) groups is 2. The second kappa shape index (κ2) is 7.59. The maximum absolute atomic E-state index is 11.9. The number of piperidine rings is 1. The fourth-order valence-corrected chi connectivity index (χ4v) is 2.68. The topological polar surface area (TPSA) is 76.1 Å². The fourth-order valence-electron chi connectivity index (χ4n) is 2.68. The molecule has 2 rings (SSSR count). The molecule has 114 valence electrons. The zero-order valence-electron chi connectivity index (χ0n) is 11.8. The van der Waals surface area contributed by atoms with Crippen LogP contribution in [0.2, 0.25) is 0 Å². The Hall–Kier alpha value is -1.14. The lowest BCUT2D eigenvalue weighted by atomic mass is 9.97. The van der Waals surface area contributed by atoms with Gasteiger partial charge in [-0.2, -0.15) is 0 Å². The highest BCUT2D eigenvalue weighted by Gasteiger charge is 2.27. The SMILES string of the molecule is O=C(O)C1CCN(C(=O)COCC2CCCCO2)CC1. The maximum Gasteiger partial charge on any atom is 0.306 e. The summed E-state index contributed by atoms with van der Waals surface area (Å²) in [4.78, 5) is 24.5. The minimum atomic E-state index is -0.761. The van der Waals surface area contributed by atoms with Crippen molar-refractivity contribution in [3.63, 3.8) is 0 Å². The summed E-state index contributed by atoms with van der Waals surface area (Å²) >= 11 is 0. The number of amides is 1. The van der Waals surface area contributed by atoms with Crippen molar-refractivity contribution in [3.05, 3.63) is 0 Å². The van der Waals surface area contributed by atoms with Crippen LogP contribution in [0, 0.1) is 5.92 Å². The summed E-state index contributed by atoms with van der Waals surface area (Å²) in [5.74, 6) is -1.12. The van der Waals surface area contributed by atoms with E-state index in [1.54, 1.807) is 4.90 Å². The number of rotatable bonds is 5. The number of carboxylic acids is 1. The van der Waals surface area contributed by atoms with Gasteiger partial charge in [-0.05, 0) is 32.1 Å². The molecule has 1 amide bonds. The molecule has 2 heterocycles. The summed E-state index contributed by atoms with van der Waals surface area (Å²) in [6, 6.07) is 0. The van der Waals surface area contributed by atoms with E-state index >= 15 is 0 Å². The number of aliphatic carboxylic acids is 1. The van der Waals surface area contributed by atoms with E-state index in [9.17, 15) is 9.59 Å². The van der Waals surface area contributed by atoms with Crippen LogP contribution in [0.15, 0.2) is 0 Å². The number of carboxylic acid groups (broad SMARTS) is 1. The van der Waals surface area contributed by atoms with Gasteiger partial charge in [0.05, 0.1) is 18.6 Å². The summed E-state index contributed by atoms with van der Waals surface area (Å²) in [6.45, 7) is 2.35. The summed E-state index contributed by atoms with van der Waals surface area (Å²) in [5.41, 5.74) is 0. The minimum absolute atomic E-state index is 0.0513. The lowest BCUT2D eigenvalue weighted by molar-refractivity contribution is -0.147. The Bertz CT molecular complexity index is 332. The smallest absolute Gasteiger partial charge is 0.306 e. The molecule has 2 fully saturated rings. The maximum atomic E-state index is 11.9. The Morgan fingerprint density at radius 3 is 2.55 bits per heavy atom. The average Bonchev–Trinajstić information content (AvgIpc) is 2.48. The number of nitrogens with zero attached hydrogens (tertiary/aromatic N) is 1. The molecule has 0 aromatic heterocycles. The highest BCUT2D eigenvalue weighted by molar-refractivity contribution is 5.78. The Morgan fingerprint density at radius 2 is 1.95 bits per heavy atom. The number of hydrogen-bond acceptors (Lipinski definition) is 4. The number of likely N-dealkylation sites (tertiary alicyclic amines) is 1. The molecule has 2 aliphatic heterocycles. The zero-order valence-corrected chi connectivity index (χ0v) is 11.8. The molecule has 2 saturated heterocycles. The van der Waals surface area contributed by atoms with E-state index in [2.05, 4.69) is 0 Å². The van der Waals surface area contributed by atoms with Crippen molar-refractivity contribution in [1.82, 2.24) is 4.90 Å². The monoisotopic (exact) mass is 285 g/mol. The molecule has 0 spiro atoms. The second-order valence-electron chi connectivity index (χ2n) is 5.50. The van der Waals surface area contributed by atoms with Crippen molar-refractivity contribution in [2.24, 2.45) is 5.92 Å². The molecule has 20 heavy (non-hydrogen) atoms. The molecule has 1 N–H and O–H groups in total. The highest BCUT2D eigenvalue weighted by Crippen LogP contribution is 2.17. The van der Waals surface area contributed by atoms with Gasteiger partial charge in [-0.3, -0.25) is 9.59 Å². The minimum Gasteiger partial charge on any atom is -0.481 e. The van der Waals surface area contributed by atoms with Crippen LogP contribution in [0.1, 0.15) is 32.1 Å². The average molecular weight is 285 g/mol. The first-order valence-corrected chi connectivity index (χ1v) is 7.36. The van der Waals surface area contributed by atoms with Crippen LogP contribution < -0.4 is 0 Å². The van der Waals surface area contributed by atoms with Crippen molar-refractivity contribution in [2.45, 2.75) is 38.2 Å². The van der Waals surface area contributed by atoms with E-state index in [4.69, 9.17) is 14.6 Å². The van der Waals surface area contributed by atoms with Crippen molar-refractivity contribution in [1.29, 1.82) is 0 Å². The van der Waals surface area contributed by atoms with Crippen LogP contribution in [0.4, 0.5) is 0 Å². The quantitative estimate of drug-likeness (QED) is 0.812. The normalized spacial score (nSPS) is 24.6. The molecule has 1 atom stereocenters. The molecule has 6 nitrogen and oxygen atoms in total. The van der Waals surface area contributed by atoms with Gasteiger partial charge in [0.25, 0.3) is 0 Å². The van der Waals surface area contributed by atoms with Gasteiger partial charge in [0, 0.05) is 19.7 Å².